The van der Waals surface area contributed by atoms with Gasteiger partial charge >= 0.3 is 0 Å². The Labute approximate surface area is 172 Å². The Balaban J connectivity index is 1.32. The normalized spacial score (nSPS) is 10.9. The molecular formula is C24H18N4O2. The number of aromatic nitrogens is 3. The highest BCUT2D eigenvalue weighted by Crippen LogP contribution is 2.22. The molecule has 6 heteroatoms. The Morgan fingerprint density at radius 3 is 2.60 bits per heavy atom. The van der Waals surface area contributed by atoms with Crippen LogP contribution in [0.15, 0.2) is 85.1 Å². The van der Waals surface area contributed by atoms with Gasteiger partial charge in [0.25, 0.3) is 5.91 Å². The Hall–Kier alpha value is -4.19. The second-order valence-electron chi connectivity index (χ2n) is 6.91. The van der Waals surface area contributed by atoms with E-state index in [2.05, 4.69) is 20.3 Å². The molecule has 0 unspecified atom stereocenters. The minimum absolute atomic E-state index is 0.319. The largest absolute Gasteiger partial charge is 0.489 e. The van der Waals surface area contributed by atoms with E-state index < -0.39 is 0 Å². The first kappa shape index (κ1) is 17.9. The monoisotopic (exact) mass is 394 g/mol. The van der Waals surface area contributed by atoms with Crippen molar-refractivity contribution in [3.05, 3.63) is 96.3 Å². The van der Waals surface area contributed by atoms with Crippen molar-refractivity contribution in [2.45, 2.75) is 6.61 Å². The molecule has 30 heavy (non-hydrogen) atoms. The quantitative estimate of drug-likeness (QED) is 0.442. The van der Waals surface area contributed by atoms with Gasteiger partial charge in [0.05, 0.1) is 11.0 Å². The van der Waals surface area contributed by atoms with Crippen LogP contribution in [0.25, 0.3) is 21.8 Å². The van der Waals surface area contributed by atoms with Crippen molar-refractivity contribution < 1.29 is 9.53 Å². The van der Waals surface area contributed by atoms with E-state index in [1.807, 2.05) is 72.8 Å². The maximum Gasteiger partial charge on any atom is 0.276 e. The first-order valence-corrected chi connectivity index (χ1v) is 9.57. The molecule has 2 aromatic heterocycles. The van der Waals surface area contributed by atoms with Crippen LogP contribution in [0.4, 0.5) is 5.95 Å². The summed E-state index contributed by atoms with van der Waals surface area (Å²) in [4.78, 5) is 24.4. The molecule has 0 aliphatic heterocycles. The molecule has 0 bridgehead atoms. The van der Waals surface area contributed by atoms with E-state index in [0.29, 0.717) is 29.5 Å². The number of nitrogens with one attached hydrogen (secondary N) is 2. The van der Waals surface area contributed by atoms with Gasteiger partial charge in [0, 0.05) is 17.6 Å². The van der Waals surface area contributed by atoms with Crippen molar-refractivity contribution >= 4 is 33.7 Å². The predicted octanol–water partition coefficient (Wildman–Crippen LogP) is 4.94. The molecule has 0 aliphatic carbocycles. The maximum absolute atomic E-state index is 12.6. The van der Waals surface area contributed by atoms with Crippen molar-refractivity contribution in [3.8, 4) is 5.75 Å². The Morgan fingerprint density at radius 2 is 1.73 bits per heavy atom. The third-order valence-electron chi connectivity index (χ3n) is 4.80. The first-order chi connectivity index (χ1) is 14.7. The SMILES string of the molecule is O=C(Nc1nc2cc(OCc3ccccc3)ccc2[nH]1)c1cc2ccccc2cn1. The molecule has 0 saturated carbocycles. The molecule has 0 fully saturated rings. The highest BCUT2D eigenvalue weighted by atomic mass is 16.5. The summed E-state index contributed by atoms with van der Waals surface area (Å²) >= 11 is 0. The molecular weight excluding hydrogens is 376 g/mol. The van der Waals surface area contributed by atoms with Crippen LogP contribution in [0.5, 0.6) is 5.75 Å². The minimum atomic E-state index is -0.319. The molecule has 0 radical (unpaired) electrons. The maximum atomic E-state index is 12.6. The summed E-state index contributed by atoms with van der Waals surface area (Å²) in [5.41, 5.74) is 2.95. The fourth-order valence-corrected chi connectivity index (χ4v) is 3.25. The van der Waals surface area contributed by atoms with Crippen LogP contribution in [0.3, 0.4) is 0 Å². The molecule has 1 amide bonds. The first-order valence-electron chi connectivity index (χ1n) is 9.57. The summed E-state index contributed by atoms with van der Waals surface area (Å²) in [6, 6.07) is 25.1. The molecule has 146 valence electrons. The number of carbonyl (C=O) groups excluding carboxylic acids is 1. The van der Waals surface area contributed by atoms with Gasteiger partial charge in [-0.15, -0.1) is 0 Å². The smallest absolute Gasteiger partial charge is 0.276 e. The van der Waals surface area contributed by atoms with Gasteiger partial charge in [-0.3, -0.25) is 15.1 Å². The van der Waals surface area contributed by atoms with Gasteiger partial charge in [0.1, 0.15) is 18.1 Å². The van der Waals surface area contributed by atoms with Crippen LogP contribution in [0.1, 0.15) is 16.1 Å². The lowest BCUT2D eigenvalue weighted by Gasteiger charge is -2.05. The van der Waals surface area contributed by atoms with Crippen LogP contribution < -0.4 is 10.1 Å². The number of pyridine rings is 1. The molecule has 5 rings (SSSR count). The van der Waals surface area contributed by atoms with E-state index >= 15 is 0 Å². The van der Waals surface area contributed by atoms with E-state index in [-0.39, 0.29) is 5.91 Å². The van der Waals surface area contributed by atoms with Gasteiger partial charge in [-0.1, -0.05) is 54.6 Å². The summed E-state index contributed by atoms with van der Waals surface area (Å²) in [6.07, 6.45) is 1.69. The summed E-state index contributed by atoms with van der Waals surface area (Å²) < 4.78 is 5.85. The average Bonchev–Trinajstić information content (AvgIpc) is 3.19. The summed E-state index contributed by atoms with van der Waals surface area (Å²) in [7, 11) is 0. The number of rotatable bonds is 5. The molecule has 2 N–H and O–H groups in total. The number of nitrogens with zero attached hydrogens (tertiary/aromatic N) is 2. The van der Waals surface area contributed by atoms with Gasteiger partial charge in [0.15, 0.2) is 0 Å². The Morgan fingerprint density at radius 1 is 0.933 bits per heavy atom. The number of carbonyl (C=O) groups is 1. The van der Waals surface area contributed by atoms with E-state index in [1.54, 1.807) is 12.3 Å². The zero-order valence-corrected chi connectivity index (χ0v) is 16.0. The van der Waals surface area contributed by atoms with Crippen LogP contribution >= 0.6 is 0 Å². The number of benzene rings is 3. The van der Waals surface area contributed by atoms with Crippen LogP contribution in [0.2, 0.25) is 0 Å². The lowest BCUT2D eigenvalue weighted by molar-refractivity contribution is 0.102. The van der Waals surface area contributed by atoms with Gasteiger partial charge in [0.2, 0.25) is 5.95 Å². The van der Waals surface area contributed by atoms with Crippen LogP contribution in [-0.4, -0.2) is 20.9 Å². The Kier molecular flexibility index (Phi) is 4.57. The fourth-order valence-electron chi connectivity index (χ4n) is 3.25. The number of aromatic amines is 1. The fraction of sp³-hybridized carbons (Fsp3) is 0.0417. The zero-order chi connectivity index (χ0) is 20.3. The molecule has 0 saturated heterocycles. The number of ether oxygens (including phenoxy) is 1. The summed E-state index contributed by atoms with van der Waals surface area (Å²) in [6.45, 7) is 0.480. The zero-order valence-electron chi connectivity index (χ0n) is 16.0. The lowest BCUT2D eigenvalue weighted by atomic mass is 10.1. The molecule has 3 aromatic carbocycles. The molecule has 0 atom stereocenters. The molecule has 0 spiro atoms. The van der Waals surface area contributed by atoms with Gasteiger partial charge in [-0.2, -0.15) is 0 Å². The van der Waals surface area contributed by atoms with E-state index in [9.17, 15) is 4.79 Å². The number of hydrogen-bond acceptors (Lipinski definition) is 4. The van der Waals surface area contributed by atoms with Crippen molar-refractivity contribution in [2.24, 2.45) is 0 Å². The minimum Gasteiger partial charge on any atom is -0.489 e. The Bertz CT molecular complexity index is 1350. The number of imidazole rings is 1. The van der Waals surface area contributed by atoms with Gasteiger partial charge in [-0.25, -0.2) is 4.98 Å². The standard InChI is InChI=1S/C24H18N4O2/c29-23(22-12-17-8-4-5-9-18(17)14-25-22)28-24-26-20-11-10-19(13-21(20)27-24)30-15-16-6-2-1-3-7-16/h1-14H,15H2,(H2,26,27,28,29). The highest BCUT2D eigenvalue weighted by molar-refractivity contribution is 6.04. The number of fused-ring (bicyclic) bond motifs is 2. The van der Waals surface area contributed by atoms with E-state index in [4.69, 9.17) is 4.74 Å². The van der Waals surface area contributed by atoms with Crippen LogP contribution in [0, 0.1) is 0 Å². The second kappa shape index (κ2) is 7.67. The second-order valence-corrected chi connectivity index (χ2v) is 6.91. The summed E-state index contributed by atoms with van der Waals surface area (Å²) in [5.74, 6) is 0.762. The van der Waals surface area contributed by atoms with Gasteiger partial charge in [-0.05, 0) is 29.1 Å². The molecule has 6 nitrogen and oxygen atoms in total. The molecule has 5 aromatic rings. The van der Waals surface area contributed by atoms with Gasteiger partial charge < -0.3 is 9.72 Å². The van der Waals surface area contributed by atoms with Crippen molar-refractivity contribution in [1.29, 1.82) is 0 Å². The third kappa shape index (κ3) is 3.71. The summed E-state index contributed by atoms with van der Waals surface area (Å²) in [5, 5.41) is 4.73. The average molecular weight is 394 g/mol. The number of H-pyrrole nitrogens is 1. The van der Waals surface area contributed by atoms with Crippen molar-refractivity contribution in [3.63, 3.8) is 0 Å². The number of anilines is 1. The predicted molar refractivity (Wildman–Crippen MR) is 117 cm³/mol. The molecule has 0 aliphatic rings. The topological polar surface area (TPSA) is 79.9 Å². The molecule has 2 heterocycles. The highest BCUT2D eigenvalue weighted by Gasteiger charge is 2.12. The third-order valence-corrected chi connectivity index (χ3v) is 4.80. The van der Waals surface area contributed by atoms with Crippen molar-refractivity contribution in [2.75, 3.05) is 5.32 Å². The van der Waals surface area contributed by atoms with E-state index in [0.717, 1.165) is 21.9 Å². The number of amides is 1. The number of hydrogen-bond donors (Lipinski definition) is 2. The van der Waals surface area contributed by atoms with Crippen LogP contribution in [-0.2, 0) is 6.61 Å². The lowest BCUT2D eigenvalue weighted by Crippen LogP contribution is -2.14. The van der Waals surface area contributed by atoms with E-state index in [1.165, 1.54) is 0 Å². The van der Waals surface area contributed by atoms with Crippen molar-refractivity contribution in [1.82, 2.24) is 15.0 Å².